The number of aryl methyl sites for hydroxylation is 1. The molecule has 0 saturated heterocycles. The number of nitrogens with zero attached hydrogens (tertiary/aromatic N) is 2. The van der Waals surface area contributed by atoms with Gasteiger partial charge in [-0.1, -0.05) is 6.58 Å². The Morgan fingerprint density at radius 3 is 2.78 bits per heavy atom. The van der Waals surface area contributed by atoms with Gasteiger partial charge in [0.05, 0.1) is 0 Å². The summed E-state index contributed by atoms with van der Waals surface area (Å²) in [5, 5.41) is 12.7. The normalized spacial score (nSPS) is 9.44. The quantitative estimate of drug-likeness (QED) is 0.566. The summed E-state index contributed by atoms with van der Waals surface area (Å²) >= 11 is 0. The summed E-state index contributed by atoms with van der Waals surface area (Å²) in [7, 11) is 1.75. The second kappa shape index (κ2) is 1.93. The Hall–Kier alpha value is -1.25. The molecule has 0 aliphatic heterocycles. The van der Waals surface area contributed by atoms with Crippen LogP contribution in [0.2, 0.25) is 0 Å². The van der Waals surface area contributed by atoms with Crippen molar-refractivity contribution in [3.05, 3.63) is 24.5 Å². The van der Waals surface area contributed by atoms with Crippen LogP contribution in [0, 0.1) is 0 Å². The van der Waals surface area contributed by atoms with Crippen molar-refractivity contribution in [2.75, 3.05) is 0 Å². The molecule has 0 aliphatic carbocycles. The molecule has 1 aromatic rings. The van der Waals surface area contributed by atoms with Crippen molar-refractivity contribution in [3.8, 4) is 0 Å². The van der Waals surface area contributed by atoms with Gasteiger partial charge in [-0.25, -0.2) is 0 Å². The lowest BCUT2D eigenvalue weighted by Crippen LogP contribution is -1.95. The van der Waals surface area contributed by atoms with E-state index in [0.717, 1.165) is 0 Å². The van der Waals surface area contributed by atoms with Crippen molar-refractivity contribution in [2.24, 2.45) is 7.05 Å². The van der Waals surface area contributed by atoms with E-state index < -0.39 is 0 Å². The Morgan fingerprint density at radius 2 is 2.56 bits per heavy atom. The molecule has 0 bridgehead atoms. The maximum Gasteiger partial charge on any atom is 0.133 e. The predicted molar refractivity (Wildman–Crippen MR) is 34.9 cm³/mol. The van der Waals surface area contributed by atoms with Crippen LogP contribution in [0.25, 0.3) is 5.76 Å². The highest BCUT2D eigenvalue weighted by Crippen LogP contribution is 2.04. The Morgan fingerprint density at radius 1 is 1.89 bits per heavy atom. The SMILES string of the molecule is C=C(O)c1ccnn1C. The lowest BCUT2D eigenvalue weighted by atomic mass is 10.4. The minimum atomic E-state index is 0.0509. The van der Waals surface area contributed by atoms with Gasteiger partial charge < -0.3 is 5.11 Å². The highest BCUT2D eigenvalue weighted by Gasteiger charge is 1.98. The number of aliphatic hydroxyl groups excluding tert-OH is 1. The molecule has 0 radical (unpaired) electrons. The second-order valence-corrected chi connectivity index (χ2v) is 1.79. The first-order valence-electron chi connectivity index (χ1n) is 2.58. The Bertz CT molecular complexity index is 227. The van der Waals surface area contributed by atoms with Crippen LogP contribution in [0.15, 0.2) is 18.8 Å². The molecule has 0 aliphatic rings. The first-order valence-corrected chi connectivity index (χ1v) is 2.58. The zero-order valence-electron chi connectivity index (χ0n) is 5.20. The molecule has 0 unspecified atom stereocenters. The van der Waals surface area contributed by atoms with Gasteiger partial charge in [-0.05, 0) is 6.07 Å². The molecule has 0 spiro atoms. The molecule has 1 N–H and O–H groups in total. The lowest BCUT2D eigenvalue weighted by molar-refractivity contribution is 0.503. The van der Waals surface area contributed by atoms with Gasteiger partial charge in [-0.3, -0.25) is 4.68 Å². The minimum Gasteiger partial charge on any atom is -0.506 e. The molecular formula is C6H8N2O. The first-order chi connectivity index (χ1) is 4.22. The van der Waals surface area contributed by atoms with Crippen LogP contribution >= 0.6 is 0 Å². The van der Waals surface area contributed by atoms with Crippen molar-refractivity contribution < 1.29 is 5.11 Å². The molecule has 48 valence electrons. The third-order valence-electron chi connectivity index (χ3n) is 1.12. The lowest BCUT2D eigenvalue weighted by Gasteiger charge is -1.95. The molecule has 3 nitrogen and oxygen atoms in total. The summed E-state index contributed by atoms with van der Waals surface area (Å²) in [5.74, 6) is 0.0509. The maximum atomic E-state index is 8.84. The van der Waals surface area contributed by atoms with Gasteiger partial charge in [0.15, 0.2) is 0 Å². The Labute approximate surface area is 53.2 Å². The highest BCUT2D eigenvalue weighted by atomic mass is 16.3. The molecule has 0 amide bonds. The van der Waals surface area contributed by atoms with E-state index in [2.05, 4.69) is 11.7 Å². The smallest absolute Gasteiger partial charge is 0.133 e. The summed E-state index contributed by atoms with van der Waals surface area (Å²) in [5.41, 5.74) is 0.648. The molecule has 9 heavy (non-hydrogen) atoms. The number of rotatable bonds is 1. The second-order valence-electron chi connectivity index (χ2n) is 1.79. The molecule has 1 rings (SSSR count). The van der Waals surface area contributed by atoms with Gasteiger partial charge in [0.25, 0.3) is 0 Å². The number of hydrogen-bond acceptors (Lipinski definition) is 2. The Balaban J connectivity index is 3.08. The van der Waals surface area contributed by atoms with Gasteiger partial charge in [0.1, 0.15) is 11.5 Å². The number of aliphatic hydroxyl groups is 1. The third-order valence-corrected chi connectivity index (χ3v) is 1.12. The molecule has 0 saturated carbocycles. The van der Waals surface area contributed by atoms with E-state index in [1.54, 1.807) is 24.0 Å². The standard InChI is InChI=1S/C6H8N2O/c1-5(9)6-3-4-7-8(6)2/h3-4,9H,1H2,2H3. The van der Waals surface area contributed by atoms with E-state index in [1.807, 2.05) is 0 Å². The summed E-state index contributed by atoms with van der Waals surface area (Å²) in [6, 6.07) is 1.70. The highest BCUT2D eigenvalue weighted by molar-refractivity contribution is 5.51. The van der Waals surface area contributed by atoms with Gasteiger partial charge in [0, 0.05) is 13.2 Å². The van der Waals surface area contributed by atoms with E-state index >= 15 is 0 Å². The zero-order chi connectivity index (χ0) is 6.85. The van der Waals surface area contributed by atoms with Crippen molar-refractivity contribution in [2.45, 2.75) is 0 Å². The number of aromatic nitrogens is 2. The fourth-order valence-corrected chi connectivity index (χ4v) is 0.657. The molecule has 0 aromatic carbocycles. The minimum absolute atomic E-state index is 0.0509. The van der Waals surface area contributed by atoms with E-state index in [-0.39, 0.29) is 5.76 Å². The van der Waals surface area contributed by atoms with Crippen molar-refractivity contribution in [1.29, 1.82) is 0 Å². The topological polar surface area (TPSA) is 38.1 Å². The van der Waals surface area contributed by atoms with E-state index in [0.29, 0.717) is 5.69 Å². The van der Waals surface area contributed by atoms with Gasteiger partial charge in [-0.2, -0.15) is 5.10 Å². The Kier molecular flexibility index (Phi) is 1.26. The molecule has 0 fully saturated rings. The number of hydrogen-bond donors (Lipinski definition) is 1. The van der Waals surface area contributed by atoms with Crippen molar-refractivity contribution >= 4 is 5.76 Å². The van der Waals surface area contributed by atoms with Crippen LogP contribution in [0.5, 0.6) is 0 Å². The fraction of sp³-hybridized carbons (Fsp3) is 0.167. The van der Waals surface area contributed by atoms with Gasteiger partial charge >= 0.3 is 0 Å². The molecule has 3 heteroatoms. The summed E-state index contributed by atoms with van der Waals surface area (Å²) in [6.45, 7) is 3.35. The van der Waals surface area contributed by atoms with Crippen LogP contribution in [0.1, 0.15) is 5.69 Å². The third kappa shape index (κ3) is 0.937. The van der Waals surface area contributed by atoms with Crippen LogP contribution in [-0.4, -0.2) is 14.9 Å². The molecule has 0 atom stereocenters. The van der Waals surface area contributed by atoms with Gasteiger partial charge in [0.2, 0.25) is 0 Å². The van der Waals surface area contributed by atoms with E-state index in [9.17, 15) is 0 Å². The predicted octanol–water partition coefficient (Wildman–Crippen LogP) is 0.949. The van der Waals surface area contributed by atoms with Crippen LogP contribution in [-0.2, 0) is 7.05 Å². The maximum absolute atomic E-state index is 8.84. The summed E-state index contributed by atoms with van der Waals surface area (Å²) < 4.78 is 1.56. The zero-order valence-corrected chi connectivity index (χ0v) is 5.20. The van der Waals surface area contributed by atoms with E-state index in [4.69, 9.17) is 5.11 Å². The molecule has 1 aromatic heterocycles. The van der Waals surface area contributed by atoms with Gasteiger partial charge in [-0.15, -0.1) is 0 Å². The monoisotopic (exact) mass is 124 g/mol. The molecular weight excluding hydrogens is 116 g/mol. The fourth-order valence-electron chi connectivity index (χ4n) is 0.657. The van der Waals surface area contributed by atoms with Crippen LogP contribution < -0.4 is 0 Å². The average molecular weight is 124 g/mol. The average Bonchev–Trinajstić information content (AvgIpc) is 2.13. The first kappa shape index (κ1) is 5.88. The molecule has 1 heterocycles. The van der Waals surface area contributed by atoms with Crippen molar-refractivity contribution in [3.63, 3.8) is 0 Å². The largest absolute Gasteiger partial charge is 0.506 e. The van der Waals surface area contributed by atoms with Crippen molar-refractivity contribution in [1.82, 2.24) is 9.78 Å². The van der Waals surface area contributed by atoms with E-state index in [1.165, 1.54) is 0 Å². The van der Waals surface area contributed by atoms with Crippen LogP contribution in [0.3, 0.4) is 0 Å². The van der Waals surface area contributed by atoms with Crippen LogP contribution in [0.4, 0.5) is 0 Å². The summed E-state index contributed by atoms with van der Waals surface area (Å²) in [4.78, 5) is 0. The summed E-state index contributed by atoms with van der Waals surface area (Å²) in [6.07, 6.45) is 1.61.